The third kappa shape index (κ3) is 3.45. The molecule has 1 saturated heterocycles. The summed E-state index contributed by atoms with van der Waals surface area (Å²) in [7, 11) is 0. The highest BCUT2D eigenvalue weighted by Crippen LogP contribution is 2.21. The quantitative estimate of drug-likeness (QED) is 0.886. The second-order valence-electron chi connectivity index (χ2n) is 5.88. The van der Waals surface area contributed by atoms with Gasteiger partial charge in [0.05, 0.1) is 23.3 Å². The lowest BCUT2D eigenvalue weighted by Gasteiger charge is -2.32. The number of rotatable bonds is 4. The molecule has 1 aromatic heterocycles. The highest BCUT2D eigenvalue weighted by molar-refractivity contribution is 5.78. The fourth-order valence-corrected chi connectivity index (χ4v) is 2.90. The van der Waals surface area contributed by atoms with Gasteiger partial charge < -0.3 is 19.7 Å². The standard InChI is InChI=1S/C16H21N3O3/c1-11(20)9-19-6-4-12(5-7-19)22-13-2-3-15-14(8-13)16(21)18-10-17-15/h2-3,8,10-12,20H,4-7,9H2,1H3,(H,17,18,21)/t11-/m1/s1. The van der Waals surface area contributed by atoms with E-state index in [9.17, 15) is 9.90 Å². The molecule has 118 valence electrons. The van der Waals surface area contributed by atoms with E-state index in [1.807, 2.05) is 19.1 Å². The second-order valence-corrected chi connectivity index (χ2v) is 5.88. The van der Waals surface area contributed by atoms with Crippen LogP contribution in [0.15, 0.2) is 29.3 Å². The Morgan fingerprint density at radius 2 is 2.23 bits per heavy atom. The van der Waals surface area contributed by atoms with E-state index < -0.39 is 0 Å². The molecule has 0 radical (unpaired) electrons. The maximum atomic E-state index is 11.8. The van der Waals surface area contributed by atoms with Crippen LogP contribution >= 0.6 is 0 Å². The number of aromatic amines is 1. The number of benzene rings is 1. The minimum absolute atomic E-state index is 0.151. The van der Waals surface area contributed by atoms with Gasteiger partial charge in [-0.05, 0) is 38.0 Å². The maximum absolute atomic E-state index is 11.8. The van der Waals surface area contributed by atoms with E-state index in [1.54, 1.807) is 6.07 Å². The van der Waals surface area contributed by atoms with E-state index in [1.165, 1.54) is 6.33 Å². The summed E-state index contributed by atoms with van der Waals surface area (Å²) in [6.45, 7) is 4.36. The van der Waals surface area contributed by atoms with Gasteiger partial charge in [-0.2, -0.15) is 0 Å². The van der Waals surface area contributed by atoms with Gasteiger partial charge in [-0.1, -0.05) is 0 Å². The van der Waals surface area contributed by atoms with E-state index in [4.69, 9.17) is 4.74 Å². The molecule has 6 heteroatoms. The number of β-amino-alcohol motifs (C(OH)–C–C–N with tert-alkyl or cyclic N) is 1. The molecule has 22 heavy (non-hydrogen) atoms. The number of aliphatic hydroxyl groups excluding tert-OH is 1. The van der Waals surface area contributed by atoms with Crippen molar-refractivity contribution >= 4 is 10.9 Å². The van der Waals surface area contributed by atoms with Gasteiger partial charge in [0.15, 0.2) is 0 Å². The zero-order chi connectivity index (χ0) is 15.5. The molecule has 0 spiro atoms. The highest BCUT2D eigenvalue weighted by atomic mass is 16.5. The van der Waals surface area contributed by atoms with Crippen LogP contribution < -0.4 is 10.3 Å². The van der Waals surface area contributed by atoms with Gasteiger partial charge in [-0.15, -0.1) is 0 Å². The average molecular weight is 303 g/mol. The smallest absolute Gasteiger partial charge is 0.258 e. The number of aliphatic hydroxyl groups is 1. The van der Waals surface area contributed by atoms with Crippen molar-refractivity contribution in [3.63, 3.8) is 0 Å². The number of piperidine rings is 1. The third-order valence-corrected chi connectivity index (χ3v) is 3.97. The number of nitrogens with one attached hydrogen (secondary N) is 1. The molecular formula is C16H21N3O3. The summed E-state index contributed by atoms with van der Waals surface area (Å²) in [5, 5.41) is 9.97. The van der Waals surface area contributed by atoms with Crippen molar-refractivity contribution in [2.24, 2.45) is 0 Å². The first-order valence-corrected chi connectivity index (χ1v) is 7.66. The first-order valence-electron chi connectivity index (χ1n) is 7.66. The van der Waals surface area contributed by atoms with Crippen LogP contribution in [0, 0.1) is 0 Å². The van der Waals surface area contributed by atoms with Crippen LogP contribution in [0.25, 0.3) is 10.9 Å². The second kappa shape index (κ2) is 6.46. The van der Waals surface area contributed by atoms with Gasteiger partial charge in [0.1, 0.15) is 11.9 Å². The lowest BCUT2D eigenvalue weighted by atomic mass is 10.1. The lowest BCUT2D eigenvalue weighted by Crippen LogP contribution is -2.41. The Balaban J connectivity index is 1.65. The number of ether oxygens (including phenoxy) is 1. The first kappa shape index (κ1) is 15.0. The Hall–Kier alpha value is -1.92. The number of hydrogen-bond donors (Lipinski definition) is 2. The minimum atomic E-state index is -0.294. The van der Waals surface area contributed by atoms with Gasteiger partial charge in [-0.25, -0.2) is 4.98 Å². The van der Waals surface area contributed by atoms with E-state index >= 15 is 0 Å². The summed E-state index contributed by atoms with van der Waals surface area (Å²) in [5.41, 5.74) is 0.519. The lowest BCUT2D eigenvalue weighted by molar-refractivity contribution is 0.0674. The zero-order valence-corrected chi connectivity index (χ0v) is 12.7. The molecule has 2 aromatic rings. The van der Waals surface area contributed by atoms with Crippen molar-refractivity contribution < 1.29 is 9.84 Å². The number of nitrogens with zero attached hydrogens (tertiary/aromatic N) is 2. The Bertz CT molecular complexity index is 690. The molecule has 0 bridgehead atoms. The molecular weight excluding hydrogens is 282 g/mol. The van der Waals surface area contributed by atoms with Crippen LogP contribution in [0.2, 0.25) is 0 Å². The van der Waals surface area contributed by atoms with Crippen LogP contribution in [0.3, 0.4) is 0 Å². The Morgan fingerprint density at radius 3 is 2.95 bits per heavy atom. The van der Waals surface area contributed by atoms with Gasteiger partial charge in [0.25, 0.3) is 5.56 Å². The van der Waals surface area contributed by atoms with Gasteiger partial charge in [0.2, 0.25) is 0 Å². The summed E-state index contributed by atoms with van der Waals surface area (Å²) in [4.78, 5) is 20.7. The van der Waals surface area contributed by atoms with Gasteiger partial charge in [-0.3, -0.25) is 4.79 Å². The van der Waals surface area contributed by atoms with Crippen molar-refractivity contribution in [1.29, 1.82) is 0 Å². The molecule has 0 unspecified atom stereocenters. The van der Waals surface area contributed by atoms with Crippen molar-refractivity contribution in [1.82, 2.24) is 14.9 Å². The molecule has 0 saturated carbocycles. The fourth-order valence-electron chi connectivity index (χ4n) is 2.90. The number of fused-ring (bicyclic) bond motifs is 1. The fraction of sp³-hybridized carbons (Fsp3) is 0.500. The predicted molar refractivity (Wildman–Crippen MR) is 84.1 cm³/mol. The van der Waals surface area contributed by atoms with Gasteiger partial charge >= 0.3 is 0 Å². The van der Waals surface area contributed by atoms with Crippen LogP contribution in [-0.4, -0.2) is 51.8 Å². The number of likely N-dealkylation sites (tertiary alicyclic amines) is 1. The molecule has 0 amide bonds. The van der Waals surface area contributed by atoms with E-state index in [2.05, 4.69) is 14.9 Å². The summed E-state index contributed by atoms with van der Waals surface area (Å²) in [6.07, 6.45) is 3.11. The van der Waals surface area contributed by atoms with Crippen LogP contribution in [0.4, 0.5) is 0 Å². The molecule has 1 fully saturated rings. The molecule has 3 rings (SSSR count). The van der Waals surface area contributed by atoms with Crippen molar-refractivity contribution in [2.45, 2.75) is 32.0 Å². The Morgan fingerprint density at radius 1 is 1.45 bits per heavy atom. The van der Waals surface area contributed by atoms with Crippen molar-refractivity contribution in [3.8, 4) is 5.75 Å². The molecule has 1 aliphatic heterocycles. The van der Waals surface area contributed by atoms with E-state index in [0.717, 1.165) is 25.9 Å². The summed E-state index contributed by atoms with van der Waals surface area (Å²) in [6, 6.07) is 5.42. The molecule has 1 aliphatic rings. The Kier molecular flexibility index (Phi) is 4.40. The van der Waals surface area contributed by atoms with Crippen LogP contribution in [0.5, 0.6) is 5.75 Å². The highest BCUT2D eigenvalue weighted by Gasteiger charge is 2.21. The molecule has 6 nitrogen and oxygen atoms in total. The molecule has 0 aliphatic carbocycles. The van der Waals surface area contributed by atoms with Crippen molar-refractivity contribution in [2.75, 3.05) is 19.6 Å². The topological polar surface area (TPSA) is 78.5 Å². The van der Waals surface area contributed by atoms with E-state index in [-0.39, 0.29) is 17.8 Å². The normalized spacial score (nSPS) is 18.5. The van der Waals surface area contributed by atoms with E-state index in [0.29, 0.717) is 23.2 Å². The summed E-state index contributed by atoms with van der Waals surface area (Å²) >= 11 is 0. The molecule has 1 aromatic carbocycles. The maximum Gasteiger partial charge on any atom is 0.258 e. The zero-order valence-electron chi connectivity index (χ0n) is 12.7. The first-order chi connectivity index (χ1) is 10.6. The summed E-state index contributed by atoms with van der Waals surface area (Å²) < 4.78 is 6.00. The largest absolute Gasteiger partial charge is 0.490 e. The number of aromatic nitrogens is 2. The average Bonchev–Trinajstić information content (AvgIpc) is 2.50. The van der Waals surface area contributed by atoms with Crippen LogP contribution in [-0.2, 0) is 0 Å². The van der Waals surface area contributed by atoms with Crippen LogP contribution in [0.1, 0.15) is 19.8 Å². The SMILES string of the molecule is C[C@@H](O)CN1CCC(Oc2ccc3nc[nH]c(=O)c3c2)CC1. The summed E-state index contributed by atoms with van der Waals surface area (Å²) in [5.74, 6) is 0.708. The van der Waals surface area contributed by atoms with Gasteiger partial charge in [0, 0.05) is 19.6 Å². The molecule has 1 atom stereocenters. The predicted octanol–water partition coefficient (Wildman–Crippen LogP) is 1.15. The monoisotopic (exact) mass is 303 g/mol. The number of hydrogen-bond acceptors (Lipinski definition) is 5. The molecule has 2 N–H and O–H groups in total. The number of H-pyrrole nitrogens is 1. The Labute approximate surface area is 128 Å². The minimum Gasteiger partial charge on any atom is -0.490 e. The molecule has 2 heterocycles. The third-order valence-electron chi connectivity index (χ3n) is 3.97. The van der Waals surface area contributed by atoms with Crippen molar-refractivity contribution in [3.05, 3.63) is 34.9 Å².